The molecular formula is C20H18O2. The number of hydrogen-bond donors (Lipinski definition) is 2. The van der Waals surface area contributed by atoms with Gasteiger partial charge in [0.25, 0.3) is 0 Å². The number of phenolic OH excluding ortho intramolecular Hbond substituents is 2. The van der Waals surface area contributed by atoms with Crippen LogP contribution in [0, 0.1) is 0 Å². The Labute approximate surface area is 130 Å². The Balaban J connectivity index is 1.51. The van der Waals surface area contributed by atoms with E-state index in [0.717, 1.165) is 24.0 Å². The summed E-state index contributed by atoms with van der Waals surface area (Å²) in [7, 11) is 0. The van der Waals surface area contributed by atoms with E-state index in [2.05, 4.69) is 24.3 Å². The summed E-state index contributed by atoms with van der Waals surface area (Å²) in [5.41, 5.74) is 4.37. The number of rotatable bonds is 3. The molecule has 0 radical (unpaired) electrons. The molecule has 2 heteroatoms. The summed E-state index contributed by atoms with van der Waals surface area (Å²) >= 11 is 0. The highest BCUT2D eigenvalue weighted by atomic mass is 16.3. The molecule has 0 saturated heterocycles. The zero-order valence-electron chi connectivity index (χ0n) is 12.2. The molecule has 4 rings (SSSR count). The van der Waals surface area contributed by atoms with Crippen LogP contribution in [0.3, 0.4) is 0 Å². The second-order valence-electron chi connectivity index (χ2n) is 6.07. The molecule has 0 aliphatic heterocycles. The fourth-order valence-electron chi connectivity index (χ4n) is 3.65. The highest BCUT2D eigenvalue weighted by Gasteiger charge is 2.23. The number of hydrogen-bond acceptors (Lipinski definition) is 2. The lowest BCUT2D eigenvalue weighted by atomic mass is 9.89. The summed E-state index contributed by atoms with van der Waals surface area (Å²) in [4.78, 5) is 0. The molecule has 22 heavy (non-hydrogen) atoms. The number of aromatic hydroxyl groups is 2. The average Bonchev–Trinajstić information content (AvgIpc) is 3.11. The second kappa shape index (κ2) is 5.06. The predicted molar refractivity (Wildman–Crippen MR) is 89.0 cm³/mol. The van der Waals surface area contributed by atoms with Gasteiger partial charge in [0.15, 0.2) is 0 Å². The lowest BCUT2D eigenvalue weighted by Gasteiger charge is -2.15. The third kappa shape index (κ3) is 2.03. The highest BCUT2D eigenvalue weighted by Crippen LogP contribution is 2.42. The van der Waals surface area contributed by atoms with Gasteiger partial charge in [-0.2, -0.15) is 0 Å². The van der Waals surface area contributed by atoms with Crippen molar-refractivity contribution in [2.75, 3.05) is 0 Å². The maximum absolute atomic E-state index is 9.90. The molecule has 2 N–H and O–H groups in total. The Morgan fingerprint density at radius 2 is 1.14 bits per heavy atom. The van der Waals surface area contributed by atoms with E-state index < -0.39 is 0 Å². The van der Waals surface area contributed by atoms with Crippen molar-refractivity contribution in [3.63, 3.8) is 0 Å². The molecular weight excluding hydrogens is 272 g/mol. The average molecular weight is 290 g/mol. The van der Waals surface area contributed by atoms with Crippen LogP contribution in [0.2, 0.25) is 0 Å². The minimum atomic E-state index is 0.368. The first-order valence-electron chi connectivity index (χ1n) is 7.74. The van der Waals surface area contributed by atoms with E-state index in [0.29, 0.717) is 23.3 Å². The molecule has 0 aromatic heterocycles. The highest BCUT2D eigenvalue weighted by molar-refractivity contribution is 5.69. The zero-order valence-corrected chi connectivity index (χ0v) is 12.2. The Morgan fingerprint density at radius 3 is 1.59 bits per heavy atom. The van der Waals surface area contributed by atoms with Crippen molar-refractivity contribution >= 4 is 12.2 Å². The van der Waals surface area contributed by atoms with Crippen molar-refractivity contribution < 1.29 is 10.2 Å². The Bertz CT molecular complexity index is 719. The van der Waals surface area contributed by atoms with Crippen molar-refractivity contribution in [3.8, 4) is 11.5 Å². The summed E-state index contributed by atoms with van der Waals surface area (Å²) in [6, 6.07) is 11.5. The van der Waals surface area contributed by atoms with E-state index in [1.54, 1.807) is 12.1 Å². The fourth-order valence-corrected chi connectivity index (χ4v) is 3.65. The first-order valence-corrected chi connectivity index (χ1v) is 7.74. The summed E-state index contributed by atoms with van der Waals surface area (Å²) in [6.07, 6.45) is 10.5. The molecule has 2 aromatic carbocycles. The first-order chi connectivity index (χ1) is 10.7. The third-order valence-corrected chi connectivity index (χ3v) is 4.81. The summed E-state index contributed by atoms with van der Waals surface area (Å²) in [5.74, 6) is 1.48. The summed E-state index contributed by atoms with van der Waals surface area (Å²) in [6.45, 7) is 0. The van der Waals surface area contributed by atoms with Gasteiger partial charge in [0.2, 0.25) is 0 Å². The van der Waals surface area contributed by atoms with Gasteiger partial charge >= 0.3 is 0 Å². The topological polar surface area (TPSA) is 40.5 Å². The Hall–Kier alpha value is -2.48. The van der Waals surface area contributed by atoms with Gasteiger partial charge in [0, 0.05) is 23.0 Å². The van der Waals surface area contributed by atoms with Crippen molar-refractivity contribution in [1.29, 1.82) is 0 Å². The van der Waals surface area contributed by atoms with Crippen LogP contribution in [-0.4, -0.2) is 10.2 Å². The quantitative estimate of drug-likeness (QED) is 0.852. The van der Waals surface area contributed by atoms with E-state index in [4.69, 9.17) is 0 Å². The number of allylic oxidation sites excluding steroid dienone is 2. The van der Waals surface area contributed by atoms with E-state index in [9.17, 15) is 10.2 Å². The molecule has 2 aromatic rings. The molecule has 0 unspecified atom stereocenters. The van der Waals surface area contributed by atoms with Crippen LogP contribution in [-0.2, 0) is 0 Å². The van der Waals surface area contributed by atoms with Gasteiger partial charge in [-0.3, -0.25) is 0 Å². The second-order valence-corrected chi connectivity index (χ2v) is 6.07. The Kier molecular flexibility index (Phi) is 3.04. The lowest BCUT2D eigenvalue weighted by Crippen LogP contribution is -1.99. The molecule has 0 heterocycles. The molecule has 0 spiro atoms. The van der Waals surface area contributed by atoms with Crippen molar-refractivity contribution in [2.24, 2.45) is 0 Å². The molecule has 2 nitrogen and oxygen atoms in total. The predicted octanol–water partition coefficient (Wildman–Crippen LogP) is 4.80. The maximum Gasteiger partial charge on any atom is 0.123 e. The smallest absolute Gasteiger partial charge is 0.123 e. The van der Waals surface area contributed by atoms with Crippen LogP contribution in [0.5, 0.6) is 11.5 Å². The summed E-state index contributed by atoms with van der Waals surface area (Å²) in [5, 5.41) is 19.8. The van der Waals surface area contributed by atoms with Crippen LogP contribution in [0.1, 0.15) is 46.9 Å². The van der Waals surface area contributed by atoms with Crippen molar-refractivity contribution in [3.05, 3.63) is 70.8 Å². The van der Waals surface area contributed by atoms with Gasteiger partial charge in [0.1, 0.15) is 11.5 Å². The molecule has 0 fully saturated rings. The standard InChI is InChI=1S/C20H18O2/c21-19-5-1-3-15-13(9-11-17(15)19)7-8-14-10-12-18-16(14)4-2-6-20(18)22/h1-6,9-14,21-22H,7-8H2/t13-,14+. The molecule has 0 bridgehead atoms. The van der Waals surface area contributed by atoms with E-state index >= 15 is 0 Å². The lowest BCUT2D eigenvalue weighted by molar-refractivity contribution is 0.472. The minimum Gasteiger partial charge on any atom is -0.507 e. The number of benzene rings is 2. The van der Waals surface area contributed by atoms with Crippen LogP contribution in [0.25, 0.3) is 12.2 Å². The van der Waals surface area contributed by atoms with Gasteiger partial charge in [-0.05, 0) is 36.1 Å². The van der Waals surface area contributed by atoms with E-state index in [1.165, 1.54) is 11.1 Å². The van der Waals surface area contributed by atoms with Crippen LogP contribution >= 0.6 is 0 Å². The summed E-state index contributed by atoms with van der Waals surface area (Å²) < 4.78 is 0. The molecule has 2 atom stereocenters. The normalized spacial score (nSPS) is 21.1. The van der Waals surface area contributed by atoms with Crippen LogP contribution in [0.15, 0.2) is 48.6 Å². The molecule has 2 aliphatic carbocycles. The fraction of sp³-hybridized carbons (Fsp3) is 0.200. The molecule has 0 saturated carbocycles. The largest absolute Gasteiger partial charge is 0.507 e. The van der Waals surface area contributed by atoms with Gasteiger partial charge in [-0.25, -0.2) is 0 Å². The van der Waals surface area contributed by atoms with Crippen molar-refractivity contribution in [2.45, 2.75) is 24.7 Å². The van der Waals surface area contributed by atoms with Crippen LogP contribution < -0.4 is 0 Å². The molecule has 0 amide bonds. The first kappa shape index (κ1) is 13.2. The van der Waals surface area contributed by atoms with Crippen molar-refractivity contribution in [1.82, 2.24) is 0 Å². The number of fused-ring (bicyclic) bond motifs is 2. The third-order valence-electron chi connectivity index (χ3n) is 4.81. The maximum atomic E-state index is 9.90. The van der Waals surface area contributed by atoms with Gasteiger partial charge in [-0.15, -0.1) is 0 Å². The molecule has 2 aliphatic rings. The monoisotopic (exact) mass is 290 g/mol. The minimum absolute atomic E-state index is 0.368. The Morgan fingerprint density at radius 1 is 0.682 bits per heavy atom. The zero-order chi connectivity index (χ0) is 15.1. The van der Waals surface area contributed by atoms with Crippen LogP contribution in [0.4, 0.5) is 0 Å². The van der Waals surface area contributed by atoms with E-state index in [-0.39, 0.29) is 0 Å². The number of phenols is 2. The van der Waals surface area contributed by atoms with Gasteiger partial charge in [-0.1, -0.05) is 48.6 Å². The van der Waals surface area contributed by atoms with E-state index in [1.807, 2.05) is 24.3 Å². The van der Waals surface area contributed by atoms with Gasteiger partial charge < -0.3 is 10.2 Å². The SMILES string of the molecule is Oc1cccc2c1C=C[C@@H]2CC[C@@H]1C=Cc2c(O)cccc21. The van der Waals surface area contributed by atoms with Gasteiger partial charge in [0.05, 0.1) is 0 Å². The molecule has 110 valence electrons.